The molecule has 6 heteroatoms. The number of anilines is 1. The van der Waals surface area contributed by atoms with Crippen molar-refractivity contribution in [2.24, 2.45) is 0 Å². The Bertz CT molecular complexity index is 711. The van der Waals surface area contributed by atoms with Crippen molar-refractivity contribution in [2.45, 2.75) is 0 Å². The van der Waals surface area contributed by atoms with Gasteiger partial charge in [-0.05, 0) is 24.3 Å². The Labute approximate surface area is 125 Å². The maximum Gasteiger partial charge on any atom is 0.339 e. The molecule has 0 atom stereocenters. The van der Waals surface area contributed by atoms with E-state index in [0.29, 0.717) is 0 Å². The molecular weight excluding hydrogens is 292 g/mol. The summed E-state index contributed by atoms with van der Waals surface area (Å²) in [6, 6.07) is 9.31. The smallest absolute Gasteiger partial charge is 0.339 e. The van der Waals surface area contributed by atoms with E-state index >= 15 is 0 Å². The number of hydrogen-bond donors (Lipinski definition) is 0. The Balaban J connectivity index is 2.47. The molecule has 2 aromatic carbocycles. The second-order valence-corrected chi connectivity index (χ2v) is 4.47. The molecule has 0 aliphatic rings. The summed E-state index contributed by atoms with van der Waals surface area (Å²) in [5.74, 6) is -3.48. The maximum absolute atomic E-state index is 13.7. The minimum Gasteiger partial charge on any atom is -0.465 e. The van der Waals surface area contributed by atoms with Crippen molar-refractivity contribution >= 4 is 17.6 Å². The van der Waals surface area contributed by atoms with Gasteiger partial charge in [0, 0.05) is 7.05 Å². The summed E-state index contributed by atoms with van der Waals surface area (Å²) < 4.78 is 32.1. The third-order valence-corrected chi connectivity index (χ3v) is 3.15. The summed E-state index contributed by atoms with van der Waals surface area (Å²) in [6.07, 6.45) is 0. The lowest BCUT2D eigenvalue weighted by atomic mass is 10.1. The van der Waals surface area contributed by atoms with E-state index in [1.165, 1.54) is 32.4 Å². The van der Waals surface area contributed by atoms with E-state index in [-0.39, 0.29) is 11.3 Å². The van der Waals surface area contributed by atoms with E-state index in [1.807, 2.05) is 0 Å². The van der Waals surface area contributed by atoms with Crippen molar-refractivity contribution in [1.29, 1.82) is 0 Å². The average molecular weight is 305 g/mol. The first kappa shape index (κ1) is 15.6. The molecule has 0 radical (unpaired) electrons. The highest BCUT2D eigenvalue weighted by Crippen LogP contribution is 2.23. The van der Waals surface area contributed by atoms with Crippen LogP contribution in [-0.2, 0) is 4.74 Å². The lowest BCUT2D eigenvalue weighted by Gasteiger charge is -2.20. The Kier molecular flexibility index (Phi) is 4.50. The Morgan fingerprint density at radius 2 is 1.59 bits per heavy atom. The first-order chi connectivity index (χ1) is 10.5. The standard InChI is InChI=1S/C16H13F2NO3/c1-19(13-9-4-3-6-10(13)16(21)22-2)15(20)14-11(17)7-5-8-12(14)18/h3-9H,1-2H3. The van der Waals surface area contributed by atoms with Gasteiger partial charge < -0.3 is 9.64 Å². The first-order valence-corrected chi connectivity index (χ1v) is 6.36. The molecule has 2 rings (SSSR count). The van der Waals surface area contributed by atoms with E-state index in [4.69, 9.17) is 0 Å². The molecule has 0 saturated carbocycles. The van der Waals surface area contributed by atoms with Gasteiger partial charge in [-0.25, -0.2) is 13.6 Å². The van der Waals surface area contributed by atoms with Gasteiger partial charge >= 0.3 is 5.97 Å². The van der Waals surface area contributed by atoms with Crippen molar-refractivity contribution in [2.75, 3.05) is 19.1 Å². The van der Waals surface area contributed by atoms with Crippen molar-refractivity contribution in [1.82, 2.24) is 0 Å². The van der Waals surface area contributed by atoms with Crippen LogP contribution in [0.25, 0.3) is 0 Å². The molecule has 0 aliphatic carbocycles. The van der Waals surface area contributed by atoms with Gasteiger partial charge in [0.05, 0.1) is 18.4 Å². The van der Waals surface area contributed by atoms with Crippen LogP contribution in [0.4, 0.5) is 14.5 Å². The number of nitrogens with zero attached hydrogens (tertiary/aromatic N) is 1. The molecule has 114 valence electrons. The fourth-order valence-electron chi connectivity index (χ4n) is 2.03. The average Bonchev–Trinajstić information content (AvgIpc) is 2.53. The zero-order chi connectivity index (χ0) is 16.3. The zero-order valence-corrected chi connectivity index (χ0v) is 12.0. The van der Waals surface area contributed by atoms with Gasteiger partial charge in [-0.1, -0.05) is 18.2 Å². The van der Waals surface area contributed by atoms with Crippen LogP contribution >= 0.6 is 0 Å². The van der Waals surface area contributed by atoms with Crippen LogP contribution in [0.3, 0.4) is 0 Å². The van der Waals surface area contributed by atoms with E-state index in [1.54, 1.807) is 12.1 Å². The number of hydrogen-bond acceptors (Lipinski definition) is 3. The second kappa shape index (κ2) is 6.34. The van der Waals surface area contributed by atoms with Gasteiger partial charge in [-0.3, -0.25) is 4.79 Å². The van der Waals surface area contributed by atoms with Gasteiger partial charge in [-0.15, -0.1) is 0 Å². The lowest BCUT2D eigenvalue weighted by molar-refractivity contribution is 0.0601. The van der Waals surface area contributed by atoms with Gasteiger partial charge in [0.1, 0.15) is 17.2 Å². The minimum atomic E-state index is -0.965. The quantitative estimate of drug-likeness (QED) is 0.819. The number of methoxy groups -OCH3 is 1. The highest BCUT2D eigenvalue weighted by Gasteiger charge is 2.24. The molecule has 0 spiro atoms. The fraction of sp³-hybridized carbons (Fsp3) is 0.125. The van der Waals surface area contributed by atoms with Crippen molar-refractivity contribution in [3.05, 3.63) is 65.2 Å². The number of halogens is 2. The van der Waals surface area contributed by atoms with Crippen LogP contribution in [0.2, 0.25) is 0 Å². The number of amides is 1. The molecule has 1 amide bonds. The van der Waals surface area contributed by atoms with E-state index in [9.17, 15) is 18.4 Å². The van der Waals surface area contributed by atoms with E-state index in [2.05, 4.69) is 4.74 Å². The topological polar surface area (TPSA) is 46.6 Å². The molecule has 22 heavy (non-hydrogen) atoms. The van der Waals surface area contributed by atoms with E-state index in [0.717, 1.165) is 17.0 Å². The Morgan fingerprint density at radius 3 is 2.18 bits per heavy atom. The summed E-state index contributed by atoms with van der Waals surface area (Å²) >= 11 is 0. The second-order valence-electron chi connectivity index (χ2n) is 4.47. The van der Waals surface area contributed by atoms with Crippen LogP contribution in [0.15, 0.2) is 42.5 Å². The highest BCUT2D eigenvalue weighted by molar-refractivity contribution is 6.09. The van der Waals surface area contributed by atoms with Gasteiger partial charge in [0.25, 0.3) is 5.91 Å². The molecule has 0 fully saturated rings. The molecule has 2 aromatic rings. The summed E-state index contributed by atoms with van der Waals surface area (Å²) in [7, 11) is 2.54. The first-order valence-electron chi connectivity index (χ1n) is 6.36. The largest absolute Gasteiger partial charge is 0.465 e. The SMILES string of the molecule is COC(=O)c1ccccc1N(C)C(=O)c1c(F)cccc1F. The number of carbonyl (C=O) groups excluding carboxylic acids is 2. The lowest BCUT2D eigenvalue weighted by Crippen LogP contribution is -2.29. The molecule has 0 unspecified atom stereocenters. The van der Waals surface area contributed by atoms with Crippen molar-refractivity contribution in [3.63, 3.8) is 0 Å². The molecule has 0 aliphatic heterocycles. The zero-order valence-electron chi connectivity index (χ0n) is 12.0. The van der Waals surface area contributed by atoms with Crippen LogP contribution in [0.5, 0.6) is 0 Å². The number of para-hydroxylation sites is 1. The van der Waals surface area contributed by atoms with Crippen LogP contribution in [0.1, 0.15) is 20.7 Å². The van der Waals surface area contributed by atoms with Gasteiger partial charge in [0.2, 0.25) is 0 Å². The van der Waals surface area contributed by atoms with E-state index < -0.39 is 29.1 Å². The van der Waals surface area contributed by atoms with Crippen molar-refractivity contribution in [3.8, 4) is 0 Å². The van der Waals surface area contributed by atoms with Crippen molar-refractivity contribution < 1.29 is 23.1 Å². The third-order valence-electron chi connectivity index (χ3n) is 3.15. The molecule has 0 saturated heterocycles. The Morgan fingerprint density at radius 1 is 1.00 bits per heavy atom. The monoisotopic (exact) mass is 305 g/mol. The molecular formula is C16H13F2NO3. The predicted octanol–water partition coefficient (Wildman–Crippen LogP) is 3.03. The molecule has 0 bridgehead atoms. The van der Waals surface area contributed by atoms with Gasteiger partial charge in [-0.2, -0.15) is 0 Å². The number of benzene rings is 2. The maximum atomic E-state index is 13.7. The molecule has 0 aromatic heterocycles. The number of carbonyl (C=O) groups is 2. The van der Waals surface area contributed by atoms with Crippen LogP contribution in [0, 0.1) is 11.6 Å². The predicted molar refractivity (Wildman–Crippen MR) is 76.9 cm³/mol. The van der Waals surface area contributed by atoms with Gasteiger partial charge in [0.15, 0.2) is 0 Å². The fourth-order valence-corrected chi connectivity index (χ4v) is 2.03. The number of rotatable bonds is 3. The molecule has 4 nitrogen and oxygen atoms in total. The minimum absolute atomic E-state index is 0.123. The number of esters is 1. The van der Waals surface area contributed by atoms with Crippen LogP contribution in [-0.4, -0.2) is 26.0 Å². The third kappa shape index (κ3) is 2.81. The highest BCUT2D eigenvalue weighted by atomic mass is 19.1. The summed E-state index contributed by atoms with van der Waals surface area (Å²) in [4.78, 5) is 25.1. The summed E-state index contributed by atoms with van der Waals surface area (Å²) in [6.45, 7) is 0. The normalized spacial score (nSPS) is 10.2. The summed E-state index contributed by atoms with van der Waals surface area (Å²) in [5.41, 5.74) is -0.357. The van der Waals surface area contributed by atoms with Crippen LogP contribution < -0.4 is 4.90 Å². The Hall–Kier alpha value is -2.76. The number of ether oxygens (including phenoxy) is 1. The summed E-state index contributed by atoms with van der Waals surface area (Å²) in [5, 5.41) is 0. The molecule has 0 heterocycles. The molecule has 0 N–H and O–H groups in total.